The van der Waals surface area contributed by atoms with Crippen molar-refractivity contribution in [3.63, 3.8) is 0 Å². The van der Waals surface area contributed by atoms with Gasteiger partial charge in [0.05, 0.1) is 17.9 Å². The fourth-order valence-corrected chi connectivity index (χ4v) is 3.72. The average Bonchev–Trinajstić information content (AvgIpc) is 3.31. The van der Waals surface area contributed by atoms with Crippen molar-refractivity contribution in [2.45, 2.75) is 6.92 Å². The van der Waals surface area contributed by atoms with E-state index in [-0.39, 0.29) is 5.91 Å². The summed E-state index contributed by atoms with van der Waals surface area (Å²) in [6, 6.07) is 16.4. The number of anilines is 3. The van der Waals surface area contributed by atoms with Crippen LogP contribution in [0.3, 0.4) is 0 Å². The van der Waals surface area contributed by atoms with Crippen LogP contribution in [0.5, 0.6) is 0 Å². The minimum Gasteiger partial charge on any atom is -0.447 e. The highest BCUT2D eigenvalue weighted by molar-refractivity contribution is 7.14. The normalized spacial score (nSPS) is 13.5. The highest BCUT2D eigenvalue weighted by atomic mass is 32.1. The molecule has 7 heteroatoms. The number of aromatic nitrogens is 1. The Bertz CT molecular complexity index is 987. The van der Waals surface area contributed by atoms with Gasteiger partial charge in [-0.3, -0.25) is 14.6 Å². The highest BCUT2D eigenvalue weighted by Crippen LogP contribution is 2.31. The molecule has 1 aliphatic heterocycles. The smallest absolute Gasteiger partial charge is 0.414 e. The number of carbonyl (C=O) groups is 2. The Balaban J connectivity index is 1.73. The van der Waals surface area contributed by atoms with Crippen molar-refractivity contribution in [1.29, 1.82) is 0 Å². The second-order valence-electron chi connectivity index (χ2n) is 6.06. The largest absolute Gasteiger partial charge is 0.447 e. The van der Waals surface area contributed by atoms with Crippen molar-refractivity contribution in [1.82, 2.24) is 4.98 Å². The summed E-state index contributed by atoms with van der Waals surface area (Å²) in [4.78, 5) is 32.8. The van der Waals surface area contributed by atoms with Crippen LogP contribution in [0.4, 0.5) is 21.3 Å². The molecule has 0 radical (unpaired) electrons. The molecule has 1 aromatic heterocycles. The molecule has 4 rings (SSSR count). The molecule has 1 aliphatic rings. The molecule has 2 aromatic carbocycles. The molecule has 1 saturated heterocycles. The number of nitrogens with zero attached hydrogens (tertiary/aromatic N) is 3. The summed E-state index contributed by atoms with van der Waals surface area (Å²) in [5, 5.41) is 2.52. The van der Waals surface area contributed by atoms with Gasteiger partial charge in [-0.15, -0.1) is 11.3 Å². The van der Waals surface area contributed by atoms with E-state index < -0.39 is 6.09 Å². The Morgan fingerprint density at radius 3 is 2.67 bits per heavy atom. The number of hydrogen-bond acceptors (Lipinski definition) is 5. The molecule has 0 spiro atoms. The van der Waals surface area contributed by atoms with E-state index in [9.17, 15) is 9.59 Å². The van der Waals surface area contributed by atoms with Gasteiger partial charge < -0.3 is 4.74 Å². The number of amides is 2. The third kappa shape index (κ3) is 3.41. The minimum absolute atomic E-state index is 0.204. The number of ether oxygens (including phenoxy) is 1. The summed E-state index contributed by atoms with van der Waals surface area (Å²) in [6.45, 7) is 2.73. The first-order valence-electron chi connectivity index (χ1n) is 8.49. The van der Waals surface area contributed by atoms with E-state index in [1.807, 2.05) is 42.6 Å². The Hall–Kier alpha value is -3.19. The first-order chi connectivity index (χ1) is 13.1. The van der Waals surface area contributed by atoms with Crippen LogP contribution in [0.1, 0.15) is 16.1 Å². The molecular weight excluding hydrogens is 362 g/mol. The molecule has 27 heavy (non-hydrogen) atoms. The van der Waals surface area contributed by atoms with E-state index >= 15 is 0 Å². The van der Waals surface area contributed by atoms with E-state index in [0.717, 1.165) is 11.4 Å². The molecule has 0 aliphatic carbocycles. The zero-order chi connectivity index (χ0) is 18.8. The molecule has 6 nitrogen and oxygen atoms in total. The molecule has 0 atom stereocenters. The summed E-state index contributed by atoms with van der Waals surface area (Å²) < 4.78 is 4.99. The van der Waals surface area contributed by atoms with Crippen LogP contribution < -0.4 is 9.80 Å². The lowest BCUT2D eigenvalue weighted by Crippen LogP contribution is -2.27. The Kier molecular flexibility index (Phi) is 4.60. The van der Waals surface area contributed by atoms with Crippen LogP contribution in [0, 0.1) is 6.92 Å². The van der Waals surface area contributed by atoms with E-state index in [1.165, 1.54) is 16.2 Å². The van der Waals surface area contributed by atoms with Crippen molar-refractivity contribution in [2.75, 3.05) is 23.0 Å². The number of cyclic esters (lactones) is 1. The van der Waals surface area contributed by atoms with Crippen LogP contribution >= 0.6 is 11.3 Å². The van der Waals surface area contributed by atoms with E-state index in [1.54, 1.807) is 29.2 Å². The SMILES string of the molecule is Cc1csc(N(C(=O)c2cccc(N3CCOC3=O)c2)c2ccccc2)n1. The van der Waals surface area contributed by atoms with Gasteiger partial charge in [0.1, 0.15) is 6.61 Å². The van der Waals surface area contributed by atoms with Crippen molar-refractivity contribution in [2.24, 2.45) is 0 Å². The summed E-state index contributed by atoms with van der Waals surface area (Å²) in [5.74, 6) is -0.204. The van der Waals surface area contributed by atoms with Crippen molar-refractivity contribution >= 4 is 39.8 Å². The number of hydrogen-bond donors (Lipinski definition) is 0. The van der Waals surface area contributed by atoms with E-state index in [0.29, 0.717) is 29.5 Å². The quantitative estimate of drug-likeness (QED) is 0.675. The zero-order valence-electron chi connectivity index (χ0n) is 14.7. The first kappa shape index (κ1) is 17.2. The fourth-order valence-electron chi connectivity index (χ4n) is 2.90. The van der Waals surface area contributed by atoms with Gasteiger partial charge in [-0.2, -0.15) is 0 Å². The van der Waals surface area contributed by atoms with Gasteiger partial charge in [0, 0.05) is 16.6 Å². The molecule has 136 valence electrons. The minimum atomic E-state index is -0.393. The predicted octanol–water partition coefficient (Wildman–Crippen LogP) is 4.39. The molecule has 0 bridgehead atoms. The number of para-hydroxylation sites is 1. The standard InChI is InChI=1S/C20H17N3O3S/c1-14-13-27-19(21-14)23(16-7-3-2-4-8-16)18(24)15-6-5-9-17(12-15)22-10-11-26-20(22)25/h2-9,12-13H,10-11H2,1H3. The van der Waals surface area contributed by atoms with Gasteiger partial charge >= 0.3 is 6.09 Å². The summed E-state index contributed by atoms with van der Waals surface area (Å²) in [6.07, 6.45) is -0.393. The van der Waals surface area contributed by atoms with Gasteiger partial charge in [-0.25, -0.2) is 9.78 Å². The summed E-state index contributed by atoms with van der Waals surface area (Å²) >= 11 is 1.41. The van der Waals surface area contributed by atoms with Gasteiger partial charge in [-0.05, 0) is 37.3 Å². The number of rotatable bonds is 4. The third-order valence-corrected chi connectivity index (χ3v) is 5.12. The monoisotopic (exact) mass is 379 g/mol. The Morgan fingerprint density at radius 1 is 1.19 bits per heavy atom. The maximum Gasteiger partial charge on any atom is 0.414 e. The Morgan fingerprint density at radius 2 is 2.00 bits per heavy atom. The lowest BCUT2D eigenvalue weighted by molar-refractivity contribution is 0.0999. The second kappa shape index (κ2) is 7.20. The predicted molar refractivity (Wildman–Crippen MR) is 105 cm³/mol. The maximum absolute atomic E-state index is 13.4. The van der Waals surface area contributed by atoms with Crippen molar-refractivity contribution in [3.8, 4) is 0 Å². The van der Waals surface area contributed by atoms with Crippen LogP contribution in [0.15, 0.2) is 60.0 Å². The van der Waals surface area contributed by atoms with Gasteiger partial charge in [-0.1, -0.05) is 24.3 Å². The third-order valence-electron chi connectivity index (χ3n) is 4.18. The molecule has 0 N–H and O–H groups in total. The molecule has 1 fully saturated rings. The van der Waals surface area contributed by atoms with Crippen LogP contribution in [0.2, 0.25) is 0 Å². The number of benzene rings is 2. The zero-order valence-corrected chi connectivity index (χ0v) is 15.5. The van der Waals surface area contributed by atoms with E-state index in [4.69, 9.17) is 4.74 Å². The summed E-state index contributed by atoms with van der Waals surface area (Å²) in [7, 11) is 0. The van der Waals surface area contributed by atoms with Gasteiger partial charge in [0.15, 0.2) is 5.13 Å². The second-order valence-corrected chi connectivity index (χ2v) is 6.90. The van der Waals surface area contributed by atoms with Crippen molar-refractivity contribution in [3.05, 3.63) is 71.2 Å². The molecule has 2 amide bonds. The molecule has 2 heterocycles. The lowest BCUT2D eigenvalue weighted by Gasteiger charge is -2.21. The maximum atomic E-state index is 13.4. The molecule has 3 aromatic rings. The summed E-state index contributed by atoms with van der Waals surface area (Å²) in [5.41, 5.74) is 2.72. The fraction of sp³-hybridized carbons (Fsp3) is 0.150. The number of carbonyl (C=O) groups excluding carboxylic acids is 2. The number of thiazole rings is 1. The molecule has 0 saturated carbocycles. The average molecular weight is 379 g/mol. The van der Waals surface area contributed by atoms with Crippen LogP contribution in [-0.4, -0.2) is 30.1 Å². The highest BCUT2D eigenvalue weighted by Gasteiger charge is 2.26. The van der Waals surface area contributed by atoms with Crippen LogP contribution in [-0.2, 0) is 4.74 Å². The number of aryl methyl sites for hydroxylation is 1. The molecular formula is C20H17N3O3S. The Labute approximate surface area is 160 Å². The first-order valence-corrected chi connectivity index (χ1v) is 9.37. The van der Waals surface area contributed by atoms with Gasteiger partial charge in [0.2, 0.25) is 0 Å². The lowest BCUT2D eigenvalue weighted by atomic mass is 10.1. The van der Waals surface area contributed by atoms with Crippen molar-refractivity contribution < 1.29 is 14.3 Å². The van der Waals surface area contributed by atoms with Crippen LogP contribution in [0.25, 0.3) is 0 Å². The van der Waals surface area contributed by atoms with E-state index in [2.05, 4.69) is 4.98 Å². The topological polar surface area (TPSA) is 62.7 Å². The molecule has 0 unspecified atom stereocenters. The van der Waals surface area contributed by atoms with Gasteiger partial charge in [0.25, 0.3) is 5.91 Å².